The fourth-order valence-electron chi connectivity index (χ4n) is 2.79. The fourth-order valence-corrected chi connectivity index (χ4v) is 2.79. The summed E-state index contributed by atoms with van der Waals surface area (Å²) >= 11 is 0. The van der Waals surface area contributed by atoms with Gasteiger partial charge in [-0.3, -0.25) is 4.79 Å². The third-order valence-electron chi connectivity index (χ3n) is 4.32. The van der Waals surface area contributed by atoms with Crippen LogP contribution in [0.2, 0.25) is 0 Å². The van der Waals surface area contributed by atoms with E-state index in [1.807, 2.05) is 6.92 Å². The van der Waals surface area contributed by atoms with Crippen molar-refractivity contribution < 1.29 is 18.7 Å². The number of rotatable bonds is 5. The first-order chi connectivity index (χ1) is 12.0. The van der Waals surface area contributed by atoms with E-state index in [0.717, 1.165) is 10.9 Å². The third kappa shape index (κ3) is 3.42. The Kier molecular flexibility index (Phi) is 4.61. The predicted molar refractivity (Wildman–Crippen MR) is 92.5 cm³/mol. The van der Waals surface area contributed by atoms with Crippen molar-refractivity contribution in [2.75, 3.05) is 0 Å². The maximum Gasteiger partial charge on any atom is 0.339 e. The lowest BCUT2D eigenvalue weighted by molar-refractivity contribution is -0.121. The van der Waals surface area contributed by atoms with E-state index < -0.39 is 5.63 Å². The zero-order chi connectivity index (χ0) is 18.0. The van der Waals surface area contributed by atoms with Crippen LogP contribution in [-0.4, -0.2) is 11.0 Å². The van der Waals surface area contributed by atoms with Crippen LogP contribution in [0, 0.1) is 13.8 Å². The summed E-state index contributed by atoms with van der Waals surface area (Å²) in [5.74, 6) is 0.585. The molecule has 1 aromatic carbocycles. The van der Waals surface area contributed by atoms with Gasteiger partial charge in [0.1, 0.15) is 17.1 Å². The van der Waals surface area contributed by atoms with Crippen LogP contribution < -0.4 is 10.9 Å². The molecule has 3 rings (SSSR count). The number of fused-ring (bicyclic) bond motifs is 1. The number of amides is 1. The van der Waals surface area contributed by atoms with E-state index in [4.69, 9.17) is 8.83 Å². The number of phenols is 1. The molecule has 0 atom stereocenters. The maximum atomic E-state index is 12.3. The van der Waals surface area contributed by atoms with Crippen molar-refractivity contribution in [3.05, 3.63) is 63.4 Å². The van der Waals surface area contributed by atoms with Crippen molar-refractivity contribution in [3.63, 3.8) is 0 Å². The third-order valence-corrected chi connectivity index (χ3v) is 4.32. The molecule has 0 unspecified atom stereocenters. The van der Waals surface area contributed by atoms with Crippen molar-refractivity contribution in [1.82, 2.24) is 5.32 Å². The fraction of sp³-hybridized carbons (Fsp3) is 0.263. The molecule has 130 valence electrons. The maximum absolute atomic E-state index is 12.3. The highest BCUT2D eigenvalue weighted by molar-refractivity contribution is 5.85. The number of furan rings is 1. The summed E-state index contributed by atoms with van der Waals surface area (Å²) in [6, 6.07) is 6.83. The SMILES string of the molecule is Cc1c(CCC(=O)NCc2ccco2)c(=O)oc2c(C)c(O)ccc12. The molecule has 0 bridgehead atoms. The van der Waals surface area contributed by atoms with E-state index in [-0.39, 0.29) is 24.5 Å². The van der Waals surface area contributed by atoms with Crippen LogP contribution in [0.15, 0.2) is 44.2 Å². The number of aryl methyl sites for hydroxylation is 2. The zero-order valence-corrected chi connectivity index (χ0v) is 14.1. The van der Waals surface area contributed by atoms with Gasteiger partial charge in [-0.2, -0.15) is 0 Å². The molecule has 0 aliphatic carbocycles. The Morgan fingerprint density at radius 3 is 2.72 bits per heavy atom. The summed E-state index contributed by atoms with van der Waals surface area (Å²) in [6.07, 6.45) is 2.01. The summed E-state index contributed by atoms with van der Waals surface area (Å²) in [6.45, 7) is 3.84. The Labute approximate surface area is 144 Å². The molecule has 2 heterocycles. The molecule has 0 aliphatic heterocycles. The quantitative estimate of drug-likeness (QED) is 0.696. The van der Waals surface area contributed by atoms with Gasteiger partial charge in [-0.05, 0) is 50.1 Å². The standard InChI is InChI=1S/C19H19NO5/c1-11-14-5-7-16(21)12(2)18(14)25-19(23)15(11)6-8-17(22)20-10-13-4-3-9-24-13/h3-5,7,9,21H,6,8,10H2,1-2H3,(H,20,22). The number of nitrogens with one attached hydrogen (secondary N) is 1. The lowest BCUT2D eigenvalue weighted by atomic mass is 10.0. The summed E-state index contributed by atoms with van der Waals surface area (Å²) in [5.41, 5.74) is 1.69. The van der Waals surface area contributed by atoms with Gasteiger partial charge in [-0.1, -0.05) is 0 Å². The average molecular weight is 341 g/mol. The van der Waals surface area contributed by atoms with Gasteiger partial charge in [0.25, 0.3) is 0 Å². The molecular formula is C19H19NO5. The molecule has 0 aliphatic rings. The molecule has 0 saturated carbocycles. The van der Waals surface area contributed by atoms with Crippen molar-refractivity contribution >= 4 is 16.9 Å². The summed E-state index contributed by atoms with van der Waals surface area (Å²) in [7, 11) is 0. The molecule has 2 N–H and O–H groups in total. The Hall–Kier alpha value is -3.02. The molecule has 3 aromatic rings. The van der Waals surface area contributed by atoms with Gasteiger partial charge >= 0.3 is 5.63 Å². The van der Waals surface area contributed by atoms with Gasteiger partial charge in [0, 0.05) is 22.9 Å². The average Bonchev–Trinajstić information content (AvgIpc) is 3.10. The highest BCUT2D eigenvalue weighted by atomic mass is 16.4. The number of carbonyl (C=O) groups excluding carboxylic acids is 1. The lowest BCUT2D eigenvalue weighted by Gasteiger charge is -2.10. The van der Waals surface area contributed by atoms with Crippen LogP contribution in [0.5, 0.6) is 5.75 Å². The van der Waals surface area contributed by atoms with Crippen molar-refractivity contribution in [2.24, 2.45) is 0 Å². The van der Waals surface area contributed by atoms with Crippen LogP contribution in [0.25, 0.3) is 11.0 Å². The van der Waals surface area contributed by atoms with Crippen molar-refractivity contribution in [1.29, 1.82) is 0 Å². The highest BCUT2D eigenvalue weighted by Gasteiger charge is 2.15. The molecular weight excluding hydrogens is 322 g/mol. The normalized spacial score (nSPS) is 11.0. The summed E-state index contributed by atoms with van der Waals surface area (Å²) < 4.78 is 10.5. The van der Waals surface area contributed by atoms with Crippen LogP contribution in [-0.2, 0) is 17.8 Å². The Balaban J connectivity index is 1.76. The second-order valence-electron chi connectivity index (χ2n) is 5.94. The molecule has 6 heteroatoms. The molecule has 0 saturated heterocycles. The topological polar surface area (TPSA) is 92.7 Å². The van der Waals surface area contributed by atoms with E-state index in [1.165, 1.54) is 0 Å². The highest BCUT2D eigenvalue weighted by Crippen LogP contribution is 2.28. The molecule has 0 fully saturated rings. The van der Waals surface area contributed by atoms with Crippen LogP contribution in [0.3, 0.4) is 0 Å². The number of hydrogen-bond acceptors (Lipinski definition) is 5. The van der Waals surface area contributed by atoms with E-state index >= 15 is 0 Å². The van der Waals surface area contributed by atoms with Gasteiger partial charge in [-0.25, -0.2) is 4.79 Å². The minimum absolute atomic E-state index is 0.0834. The number of aromatic hydroxyl groups is 1. The van der Waals surface area contributed by atoms with Gasteiger partial charge in [0.15, 0.2) is 0 Å². The van der Waals surface area contributed by atoms with Gasteiger partial charge < -0.3 is 19.3 Å². The van der Waals surface area contributed by atoms with Crippen LogP contribution >= 0.6 is 0 Å². The number of benzene rings is 1. The van der Waals surface area contributed by atoms with Crippen LogP contribution in [0.4, 0.5) is 0 Å². The molecule has 0 spiro atoms. The van der Waals surface area contributed by atoms with E-state index in [0.29, 0.717) is 29.0 Å². The first-order valence-electron chi connectivity index (χ1n) is 8.01. The Morgan fingerprint density at radius 2 is 2.00 bits per heavy atom. The molecule has 6 nitrogen and oxygen atoms in total. The van der Waals surface area contributed by atoms with E-state index in [2.05, 4.69) is 5.32 Å². The minimum Gasteiger partial charge on any atom is -0.508 e. The lowest BCUT2D eigenvalue weighted by Crippen LogP contribution is -2.24. The number of hydrogen-bond donors (Lipinski definition) is 2. The first-order valence-corrected chi connectivity index (χ1v) is 8.01. The minimum atomic E-state index is -0.475. The first kappa shape index (κ1) is 16.8. The van der Waals surface area contributed by atoms with Crippen molar-refractivity contribution in [3.8, 4) is 5.75 Å². The predicted octanol–water partition coefficient (Wildman–Crippen LogP) is 2.96. The molecule has 1 amide bonds. The number of phenolic OH excluding ortho intramolecular Hbond substituents is 1. The van der Waals surface area contributed by atoms with Gasteiger partial charge in [0.2, 0.25) is 5.91 Å². The number of carbonyl (C=O) groups is 1. The Bertz CT molecular complexity index is 970. The second kappa shape index (κ2) is 6.84. The largest absolute Gasteiger partial charge is 0.508 e. The molecule has 25 heavy (non-hydrogen) atoms. The molecule has 0 radical (unpaired) electrons. The zero-order valence-electron chi connectivity index (χ0n) is 14.1. The summed E-state index contributed by atoms with van der Waals surface area (Å²) in [4.78, 5) is 24.3. The van der Waals surface area contributed by atoms with E-state index in [9.17, 15) is 14.7 Å². The van der Waals surface area contributed by atoms with Crippen molar-refractivity contribution in [2.45, 2.75) is 33.2 Å². The Morgan fingerprint density at radius 1 is 1.20 bits per heavy atom. The van der Waals surface area contributed by atoms with Gasteiger partial charge in [-0.15, -0.1) is 0 Å². The summed E-state index contributed by atoms with van der Waals surface area (Å²) in [5, 5.41) is 13.3. The van der Waals surface area contributed by atoms with Gasteiger partial charge in [0.05, 0.1) is 12.8 Å². The van der Waals surface area contributed by atoms with E-state index in [1.54, 1.807) is 37.5 Å². The monoisotopic (exact) mass is 341 g/mol. The van der Waals surface area contributed by atoms with Crippen LogP contribution in [0.1, 0.15) is 28.9 Å². The smallest absolute Gasteiger partial charge is 0.339 e. The second-order valence-corrected chi connectivity index (χ2v) is 5.94. The molecule has 2 aromatic heterocycles.